The Bertz CT molecular complexity index is 3900. The number of aliphatic hydroxyl groups excluding tert-OH is 2. The number of carboxylic acids is 1. The summed E-state index contributed by atoms with van der Waals surface area (Å²) in [4.78, 5) is 154. The minimum atomic E-state index is -3.46. The highest BCUT2D eigenvalue weighted by Gasteiger charge is 2.36. The number of amides is 11. The number of nitrogens with one attached hydrogen (secondary N) is 3. The van der Waals surface area contributed by atoms with Crippen LogP contribution >= 0.6 is 23.1 Å². The number of nitrogens with two attached hydrogens (primary N) is 8. The molecule has 0 aromatic carbocycles. The van der Waals surface area contributed by atoms with Crippen molar-refractivity contribution in [2.75, 3.05) is 203 Å². The molecule has 8 saturated heterocycles. The van der Waals surface area contributed by atoms with E-state index >= 15 is 0 Å². The van der Waals surface area contributed by atoms with Crippen LogP contribution in [0.3, 0.4) is 0 Å². The van der Waals surface area contributed by atoms with Crippen LogP contribution in [-0.2, 0) is 95.1 Å². The molecule has 11 fully saturated rings. The highest BCUT2D eigenvalue weighted by molar-refractivity contribution is 8.13. The number of hydrogen-bond acceptors (Lipinski definition) is 30. The Kier molecular flexibility index (Phi) is 78.2. The van der Waals surface area contributed by atoms with E-state index in [1.807, 2.05) is 11.8 Å². The number of piperidine rings is 5. The smallest absolute Gasteiger partial charge is 0.307 e. The summed E-state index contributed by atoms with van der Waals surface area (Å²) in [5.74, 6) is -4.72. The van der Waals surface area contributed by atoms with Crippen molar-refractivity contribution in [3.05, 3.63) is 12.2 Å². The fourth-order valence-electron chi connectivity index (χ4n) is 18.7. The van der Waals surface area contributed by atoms with Crippen LogP contribution in [0.1, 0.15) is 278 Å². The van der Waals surface area contributed by atoms with Crippen LogP contribution in [0.15, 0.2) is 12.2 Å². The van der Waals surface area contributed by atoms with Crippen LogP contribution in [0.2, 0.25) is 0 Å². The van der Waals surface area contributed by atoms with Gasteiger partial charge in [-0.1, -0.05) is 161 Å². The number of halogens is 2. The summed E-state index contributed by atoms with van der Waals surface area (Å²) in [6.07, 6.45) is 51.1. The van der Waals surface area contributed by atoms with E-state index in [1.165, 1.54) is 174 Å². The van der Waals surface area contributed by atoms with Crippen LogP contribution in [0.25, 0.3) is 0 Å². The first kappa shape index (κ1) is 139. The number of nitriles is 1. The molecule has 11 amide bonds. The molecule has 3 saturated carbocycles. The number of allylic oxidation sites excluding steroid dienone is 2. The van der Waals surface area contributed by atoms with Crippen molar-refractivity contribution >= 4 is 113 Å². The molecule has 4 aliphatic carbocycles. The second kappa shape index (κ2) is 83.3. The molecule has 46 heteroatoms. The quantitative estimate of drug-likeness (QED) is 0.0227. The highest BCUT2D eigenvalue weighted by Crippen LogP contribution is 2.34. The summed E-state index contributed by atoms with van der Waals surface area (Å²) < 4.78 is 59.8. The topological polar surface area (TPSA) is 661 Å². The zero-order valence-electron chi connectivity index (χ0n) is 89.8. The Morgan fingerprint density at radius 3 is 0.986 bits per heavy atom. The minimum absolute atomic E-state index is 0. The summed E-state index contributed by atoms with van der Waals surface area (Å²) in [6.45, 7) is 24.4. The first-order valence-corrected chi connectivity index (χ1v) is 58.7. The Hall–Kier alpha value is -7.17. The standard InChI is InChI=1S/C23H40N4O4.C23H38N4O3.C15H25NO4.C9H18N2O.C8H17N3O.C6H10.C5H11NO4S.C5H11N.C4H9NO2.C3H8N2O2.CH3ClO2S.ClH/c24-22(29)20(17-26-9-5-2-6-10-26)25-23(30)19(15-18-7-3-1-4-8-18)16-21(28)27-11-13-31-14-12-27;24-17-21(18-26-9-5-2-6-10-26)25-23(29)20(15-19-7-3-1-4-8-19)16-22(28)27-11-13-30-14-12-27;17-14(16-6-8-20-9-7-16)11-13(15(18)19)10-12-4-2-1-3-5-12;1-8(9(10)12)7-11-5-3-2-4-6-11;9-7(8(10)12)6-11-4-2-1-3-5-11;1-2-4-6-5-3-1;1-4(5(6)7)3-10-11(2,8)9;1-2-4-6-5-3-1;1-3(2-6)4(5)7;4-2(1-6)3(5)7;1-5(2,3)4;/h18-20H,1-17H2,(H2,24,29)(H,25,30);19-21H,1-16,18H2,(H,25,29);12-13H,1-11H2,(H,18,19);8H,2-7H2,1H3,(H2,10,12);7H,1-6,9H2,(H2,10,12);1-2H,3-6H2;4H,3H2,1-2H3,(H2,6,7);6H,1-5H2;3,6H,2H2,1H3,(H2,5,7);2,6H,1,4H2,(H2,5,7);1H3;1H/t19-,20+;20-,21-;13-;8-;7-;;4-;;3-;2-;;/m11100.0.00../s1. The van der Waals surface area contributed by atoms with Crippen molar-refractivity contribution in [2.45, 2.75) is 302 Å². The van der Waals surface area contributed by atoms with Crippen molar-refractivity contribution in [1.29, 1.82) is 5.26 Å². The lowest BCUT2D eigenvalue weighted by atomic mass is 9.81. The monoisotopic (exact) mass is 2180 g/mol. The third-order valence-electron chi connectivity index (χ3n) is 27.8. The SMILES string of the molecule is C1=CCCCC1.C1CCNCC1.CS(=O)(=O)Cl.C[C@@H](CN1CCCCC1)C(N)=O.C[C@@H](CO)C(N)=O.C[C@@H](COS(C)(=O)=O)C(N)=O.Cl.N#C[C@H](CN1CCCCC1)NC(=O)[C@@H](CC(=O)N1CCOCC1)CC1CCCCC1.NC(=O)[C@@H](N)CN1CCCCC1.NC(=O)[C@@H](N)CO.NC(=O)[C@H](CN1CCCCC1)NC(=O)[C@@H](CC(=O)N1CCOCC1)CC1CCCCC1.O=C(O)[C@@H](CC(=O)N1CCOCC1)CC1CCCCC1. The summed E-state index contributed by atoms with van der Waals surface area (Å²) in [7, 11) is -2.15. The number of morpholine rings is 3. The average molecular weight is 2190 g/mol. The normalized spacial score (nSPS) is 20.8. The molecule has 0 unspecified atom stereocenters. The van der Waals surface area contributed by atoms with E-state index in [-0.39, 0.29) is 98.8 Å². The third-order valence-corrected chi connectivity index (χ3v) is 28.4. The van der Waals surface area contributed by atoms with E-state index in [0.29, 0.717) is 129 Å². The van der Waals surface area contributed by atoms with Crippen molar-refractivity contribution in [1.82, 2.24) is 50.2 Å². The van der Waals surface area contributed by atoms with Gasteiger partial charge in [0.1, 0.15) is 18.1 Å². The molecule has 858 valence electrons. The summed E-state index contributed by atoms with van der Waals surface area (Å²) in [5.41, 5.74) is 40.5. The Morgan fingerprint density at radius 1 is 0.412 bits per heavy atom. The number of primary amides is 6. The second-order valence-corrected chi connectivity index (χ2v) is 45.6. The maximum Gasteiger partial charge on any atom is 0.307 e. The molecule has 12 aliphatic rings. The lowest BCUT2D eigenvalue weighted by Crippen LogP contribution is -2.53. The van der Waals surface area contributed by atoms with Crippen LogP contribution in [0, 0.1) is 64.6 Å². The third kappa shape index (κ3) is 70.9. The lowest BCUT2D eigenvalue weighted by Gasteiger charge is -2.32. The van der Waals surface area contributed by atoms with Gasteiger partial charge in [0.15, 0.2) is 0 Å². The summed E-state index contributed by atoms with van der Waals surface area (Å²) >= 11 is 0. The van der Waals surface area contributed by atoms with Crippen molar-refractivity contribution in [2.24, 2.45) is 99.1 Å². The average Bonchev–Trinajstić information content (AvgIpc) is 0.815. The van der Waals surface area contributed by atoms with Gasteiger partial charge in [0, 0.05) is 113 Å². The van der Waals surface area contributed by atoms with Crippen LogP contribution in [-0.4, -0.2) is 364 Å². The van der Waals surface area contributed by atoms with Gasteiger partial charge in [-0.25, -0.2) is 8.42 Å². The molecule has 0 bridgehead atoms. The molecule has 0 spiro atoms. The number of aliphatic hydroxyl groups is 2. The van der Waals surface area contributed by atoms with Gasteiger partial charge in [0.25, 0.3) is 10.1 Å². The van der Waals surface area contributed by atoms with Crippen molar-refractivity contribution in [3.8, 4) is 6.07 Å². The molecule has 12 rings (SSSR count). The minimum Gasteiger partial charge on any atom is -0.481 e. The molecule has 0 aromatic heterocycles. The van der Waals surface area contributed by atoms with Gasteiger partial charge in [-0.3, -0.25) is 61.7 Å². The summed E-state index contributed by atoms with van der Waals surface area (Å²) in [6, 6.07) is -0.351. The number of carbonyl (C=O) groups is 12. The number of aliphatic carboxylic acids is 1. The zero-order valence-corrected chi connectivity index (χ0v) is 93.0. The predicted octanol–water partition coefficient (Wildman–Crippen LogP) is 4.84. The summed E-state index contributed by atoms with van der Waals surface area (Å²) in [5, 5.41) is 44.4. The van der Waals surface area contributed by atoms with Gasteiger partial charge in [0.2, 0.25) is 74.0 Å². The van der Waals surface area contributed by atoms with E-state index in [0.717, 1.165) is 142 Å². The van der Waals surface area contributed by atoms with Gasteiger partial charge in [-0.05, 0) is 192 Å². The van der Waals surface area contributed by atoms with E-state index < -0.39 is 103 Å². The van der Waals surface area contributed by atoms with E-state index in [2.05, 4.69) is 74.4 Å². The Morgan fingerprint density at radius 2 is 0.723 bits per heavy atom. The molecular formula is C102H191Cl2N19O23S2. The number of nitrogens with zero attached hydrogens (tertiary/aromatic N) is 8. The number of ether oxygens (including phenoxy) is 3. The molecular weight excluding hydrogens is 1990 g/mol. The maximum absolute atomic E-state index is 13.3. The molecule has 42 nitrogen and oxygen atoms in total. The number of carboxylic acid groups (broad SMARTS) is 1. The Balaban J connectivity index is 0.000000862. The van der Waals surface area contributed by atoms with Gasteiger partial charge >= 0.3 is 5.97 Å². The number of hydrogen-bond donors (Lipinski definition) is 14. The van der Waals surface area contributed by atoms with Gasteiger partial charge in [0.05, 0.1) is 102 Å². The van der Waals surface area contributed by atoms with Crippen molar-refractivity contribution in [3.63, 3.8) is 0 Å². The second-order valence-electron chi connectivity index (χ2n) is 40.9. The van der Waals surface area contributed by atoms with E-state index in [1.54, 1.807) is 16.7 Å². The lowest BCUT2D eigenvalue weighted by molar-refractivity contribution is -0.148. The Labute approximate surface area is 893 Å². The molecule has 22 N–H and O–H groups in total. The maximum atomic E-state index is 13.3. The van der Waals surface area contributed by atoms with Crippen LogP contribution < -0.4 is 61.8 Å². The number of rotatable bonds is 36. The van der Waals surface area contributed by atoms with E-state index in [9.17, 15) is 84.7 Å². The largest absolute Gasteiger partial charge is 0.481 e. The molecule has 10 atom stereocenters. The van der Waals surface area contributed by atoms with Crippen LogP contribution in [0.4, 0.5) is 0 Å². The molecule has 8 aliphatic heterocycles. The molecule has 8 heterocycles. The van der Waals surface area contributed by atoms with Gasteiger partial charge < -0.3 is 126 Å². The predicted molar refractivity (Wildman–Crippen MR) is 574 cm³/mol. The van der Waals surface area contributed by atoms with Crippen molar-refractivity contribution < 1.29 is 108 Å². The molecule has 0 aromatic rings. The number of likely N-dealkylation sites (tertiary alicyclic amines) is 4. The van der Waals surface area contributed by atoms with Gasteiger partial charge in [-0.2, -0.15) is 13.7 Å². The first-order valence-electron chi connectivity index (χ1n) is 54.2. The van der Waals surface area contributed by atoms with Crippen LogP contribution in [0.5, 0.6) is 0 Å². The fraction of sp³-hybridized carbons (Fsp3) is 0.853. The van der Waals surface area contributed by atoms with E-state index in [4.69, 9.17) is 64.6 Å². The molecule has 148 heavy (non-hydrogen) atoms. The van der Waals surface area contributed by atoms with Gasteiger partial charge in [-0.15, -0.1) is 12.4 Å². The first-order chi connectivity index (χ1) is 69.9. The zero-order chi connectivity index (χ0) is 109. The molecule has 0 radical (unpaired) electrons. The number of carbonyl (C=O) groups excluding carboxylic acids is 11. The fourth-order valence-corrected chi connectivity index (χ4v) is 19.1. The highest BCUT2D eigenvalue weighted by atomic mass is 35.7.